The van der Waals surface area contributed by atoms with Gasteiger partial charge in [-0.25, -0.2) is 4.90 Å². The maximum Gasteiger partial charge on any atom is 0.238 e. The number of ether oxygens (including phenoxy) is 1. The minimum absolute atomic E-state index is 0.0751. The first-order chi connectivity index (χ1) is 11.1. The molecule has 0 spiro atoms. The molecule has 0 unspecified atom stereocenters. The van der Waals surface area contributed by atoms with Gasteiger partial charge in [-0.15, -0.1) is 0 Å². The summed E-state index contributed by atoms with van der Waals surface area (Å²) in [6.45, 7) is 4.13. The van der Waals surface area contributed by atoms with Crippen LogP contribution in [-0.4, -0.2) is 18.9 Å². The Morgan fingerprint density at radius 2 is 1.57 bits per heavy atom. The summed E-state index contributed by atoms with van der Waals surface area (Å²) in [5.41, 5.74) is 3.04. The van der Waals surface area contributed by atoms with Gasteiger partial charge in [0.15, 0.2) is 0 Å². The quantitative estimate of drug-likeness (QED) is 0.623. The van der Waals surface area contributed by atoms with Crippen molar-refractivity contribution in [1.82, 2.24) is 0 Å². The highest BCUT2D eigenvalue weighted by atomic mass is 16.5. The van der Waals surface area contributed by atoms with Crippen molar-refractivity contribution < 1.29 is 14.3 Å². The van der Waals surface area contributed by atoms with Crippen molar-refractivity contribution >= 4 is 17.5 Å². The van der Waals surface area contributed by atoms with E-state index in [0.717, 1.165) is 0 Å². The number of rotatable bonds is 2. The number of benzene rings is 1. The van der Waals surface area contributed by atoms with Crippen LogP contribution in [0, 0.1) is 23.7 Å². The topological polar surface area (TPSA) is 46.6 Å². The summed E-state index contributed by atoms with van der Waals surface area (Å²) in [4.78, 5) is 27.4. The minimum atomic E-state index is -0.257. The Bertz CT molecular complexity index is 739. The third-order valence-electron chi connectivity index (χ3n) is 5.32. The van der Waals surface area contributed by atoms with E-state index in [9.17, 15) is 9.59 Å². The van der Waals surface area contributed by atoms with E-state index in [4.69, 9.17) is 4.74 Å². The Morgan fingerprint density at radius 1 is 1.00 bits per heavy atom. The van der Waals surface area contributed by atoms with E-state index in [-0.39, 0.29) is 35.5 Å². The first-order valence-corrected chi connectivity index (χ1v) is 7.92. The predicted octanol–water partition coefficient (Wildman–Crippen LogP) is 2.95. The van der Waals surface area contributed by atoms with Crippen LogP contribution in [0.4, 0.5) is 5.69 Å². The largest absolute Gasteiger partial charge is 0.495 e. The zero-order valence-corrected chi connectivity index (χ0v) is 13.4. The third kappa shape index (κ3) is 1.72. The van der Waals surface area contributed by atoms with E-state index < -0.39 is 0 Å². The Kier molecular flexibility index (Phi) is 2.98. The van der Waals surface area contributed by atoms with Crippen molar-refractivity contribution in [2.45, 2.75) is 13.8 Å². The second-order valence-electron chi connectivity index (χ2n) is 6.63. The van der Waals surface area contributed by atoms with Gasteiger partial charge in [0.2, 0.25) is 11.8 Å². The number of para-hydroxylation sites is 2. The van der Waals surface area contributed by atoms with Gasteiger partial charge in [0, 0.05) is 11.8 Å². The van der Waals surface area contributed by atoms with Crippen LogP contribution in [0.15, 0.2) is 47.6 Å². The van der Waals surface area contributed by atoms with Gasteiger partial charge in [-0.2, -0.15) is 0 Å². The number of fused-ring (bicyclic) bond motifs is 5. The van der Waals surface area contributed by atoms with Crippen molar-refractivity contribution in [3.63, 3.8) is 0 Å². The molecule has 23 heavy (non-hydrogen) atoms. The summed E-state index contributed by atoms with van der Waals surface area (Å²) >= 11 is 0. The Balaban J connectivity index is 1.79. The molecule has 4 nitrogen and oxygen atoms in total. The smallest absolute Gasteiger partial charge is 0.238 e. The fraction of sp³-hybridized carbons (Fsp3) is 0.368. The van der Waals surface area contributed by atoms with E-state index in [1.807, 2.05) is 12.1 Å². The lowest BCUT2D eigenvalue weighted by Gasteiger charge is -2.21. The Hall–Kier alpha value is -2.36. The van der Waals surface area contributed by atoms with Crippen LogP contribution in [0.3, 0.4) is 0 Å². The number of hydrogen-bond donors (Lipinski definition) is 0. The molecule has 1 saturated carbocycles. The van der Waals surface area contributed by atoms with E-state index in [1.165, 1.54) is 16.0 Å². The summed E-state index contributed by atoms with van der Waals surface area (Å²) in [5, 5.41) is 0. The van der Waals surface area contributed by atoms with Crippen molar-refractivity contribution in [3.8, 4) is 5.75 Å². The zero-order valence-electron chi connectivity index (χ0n) is 13.4. The molecule has 118 valence electrons. The number of nitrogens with zero attached hydrogens (tertiary/aromatic N) is 1. The molecule has 0 aromatic heterocycles. The second kappa shape index (κ2) is 4.82. The first-order valence-electron chi connectivity index (χ1n) is 7.92. The van der Waals surface area contributed by atoms with Crippen LogP contribution >= 0.6 is 0 Å². The average Bonchev–Trinajstić information content (AvgIpc) is 3.18. The third-order valence-corrected chi connectivity index (χ3v) is 5.32. The molecule has 1 saturated heterocycles. The van der Waals surface area contributed by atoms with Crippen LogP contribution in [0.25, 0.3) is 0 Å². The fourth-order valence-electron chi connectivity index (χ4n) is 4.48. The fourth-order valence-corrected chi connectivity index (χ4v) is 4.48. The van der Waals surface area contributed by atoms with Crippen molar-refractivity contribution in [3.05, 3.63) is 47.6 Å². The molecule has 1 aliphatic heterocycles. The predicted molar refractivity (Wildman–Crippen MR) is 87.0 cm³/mol. The summed E-state index contributed by atoms with van der Waals surface area (Å²) in [6, 6.07) is 7.20. The van der Waals surface area contributed by atoms with Crippen LogP contribution in [0.1, 0.15) is 13.8 Å². The summed E-state index contributed by atoms with van der Waals surface area (Å²) in [6.07, 6.45) is 4.20. The van der Waals surface area contributed by atoms with Crippen LogP contribution in [0.5, 0.6) is 5.75 Å². The highest BCUT2D eigenvalue weighted by molar-refractivity contribution is 6.23. The number of hydrogen-bond acceptors (Lipinski definition) is 3. The summed E-state index contributed by atoms with van der Waals surface area (Å²) in [5.74, 6) is -0.00550. The van der Waals surface area contributed by atoms with E-state index >= 15 is 0 Å². The normalized spacial score (nSPS) is 31.1. The molecule has 1 aromatic carbocycles. The van der Waals surface area contributed by atoms with Crippen molar-refractivity contribution in [1.29, 1.82) is 0 Å². The molecule has 0 radical (unpaired) electrons. The first kappa shape index (κ1) is 14.2. The number of carbonyl (C=O) groups is 2. The van der Waals surface area contributed by atoms with Crippen LogP contribution < -0.4 is 9.64 Å². The van der Waals surface area contributed by atoms with Gasteiger partial charge in [-0.3, -0.25) is 9.59 Å². The van der Waals surface area contributed by atoms with E-state index in [1.54, 1.807) is 19.2 Å². The average molecular weight is 309 g/mol. The number of allylic oxidation sites excluding steroid dienone is 4. The van der Waals surface area contributed by atoms with Crippen LogP contribution in [0.2, 0.25) is 0 Å². The SMILES string of the molecule is COc1ccccc1N1C(=O)[C@H]2[C@H](C1=O)[C@H]1C=C[C@@H]2C1=C(C)C. The van der Waals surface area contributed by atoms with Crippen molar-refractivity contribution in [2.75, 3.05) is 12.0 Å². The number of methoxy groups -OCH3 is 1. The molecule has 2 fully saturated rings. The maximum atomic E-state index is 13.0. The minimum Gasteiger partial charge on any atom is -0.495 e. The molecule has 3 aliphatic rings. The molecule has 0 N–H and O–H groups in total. The number of imide groups is 1. The highest BCUT2D eigenvalue weighted by Gasteiger charge is 2.62. The number of anilines is 1. The second-order valence-corrected chi connectivity index (χ2v) is 6.63. The molecule has 4 atom stereocenters. The van der Waals surface area contributed by atoms with Gasteiger partial charge < -0.3 is 4.74 Å². The Morgan fingerprint density at radius 3 is 2.09 bits per heavy atom. The van der Waals surface area contributed by atoms with E-state index in [2.05, 4.69) is 26.0 Å². The lowest BCUT2D eigenvalue weighted by molar-refractivity contribution is -0.123. The zero-order chi connectivity index (χ0) is 16.3. The molecule has 1 heterocycles. The lowest BCUT2D eigenvalue weighted by Crippen LogP contribution is -2.33. The van der Waals surface area contributed by atoms with Gasteiger partial charge in [-0.05, 0) is 26.0 Å². The number of amides is 2. The summed E-state index contributed by atoms with van der Waals surface area (Å²) in [7, 11) is 1.55. The molecule has 4 rings (SSSR count). The van der Waals surface area contributed by atoms with Gasteiger partial charge in [0.1, 0.15) is 5.75 Å². The van der Waals surface area contributed by atoms with Crippen molar-refractivity contribution in [2.24, 2.45) is 23.7 Å². The highest BCUT2D eigenvalue weighted by Crippen LogP contribution is 2.57. The standard InChI is InChI=1S/C19H19NO3/c1-10(2)15-11-8-9-12(15)17-16(11)18(21)20(19(17)22)13-6-4-5-7-14(13)23-3/h4-9,11-12,16-17H,1-3H3/t11-,12+,16-,17-/m1/s1. The molecule has 2 amide bonds. The van der Waals surface area contributed by atoms with Crippen LogP contribution in [-0.2, 0) is 9.59 Å². The molecule has 1 aromatic rings. The lowest BCUT2D eigenvalue weighted by atomic mass is 9.85. The molecular weight excluding hydrogens is 290 g/mol. The molecule has 2 aliphatic carbocycles. The van der Waals surface area contributed by atoms with Gasteiger partial charge >= 0.3 is 0 Å². The summed E-state index contributed by atoms with van der Waals surface area (Å²) < 4.78 is 5.33. The van der Waals surface area contributed by atoms with Gasteiger partial charge in [0.05, 0.1) is 24.6 Å². The molecular formula is C19H19NO3. The monoisotopic (exact) mass is 309 g/mol. The molecule has 4 heteroatoms. The van der Waals surface area contributed by atoms with Gasteiger partial charge in [0.25, 0.3) is 0 Å². The molecule has 2 bridgehead atoms. The van der Waals surface area contributed by atoms with Gasteiger partial charge in [-0.1, -0.05) is 35.4 Å². The van der Waals surface area contributed by atoms with E-state index in [0.29, 0.717) is 11.4 Å². The number of carbonyl (C=O) groups excluding carboxylic acids is 2. The maximum absolute atomic E-state index is 13.0. The Labute approximate surface area is 135 Å².